The topological polar surface area (TPSA) is 87.3 Å². The fraction of sp³-hybridized carbons (Fsp3) is 0.333. The molecule has 4 N–H and O–H groups in total. The molecule has 1 aromatic carbocycles. The minimum absolute atomic E-state index is 0.137. The van der Waals surface area contributed by atoms with Crippen LogP contribution < -0.4 is 16.0 Å². The number of aliphatic hydroxyl groups is 1. The Kier molecular flexibility index (Phi) is 4.31. The minimum atomic E-state index is -0.162. The predicted octanol–water partition coefficient (Wildman–Crippen LogP) is 2.42. The molecular formula is C15H18ClN5O. The van der Waals surface area contributed by atoms with Crippen LogP contribution in [0.1, 0.15) is 12.8 Å². The third kappa shape index (κ3) is 3.58. The summed E-state index contributed by atoms with van der Waals surface area (Å²) in [5.74, 6) is 0.699. The average Bonchev–Trinajstić information content (AvgIpc) is 2.48. The second kappa shape index (κ2) is 6.37. The number of halogens is 1. The number of hydrogen-bond acceptors (Lipinski definition) is 6. The number of hydrogen-bond donors (Lipinski definition) is 3. The molecule has 6 nitrogen and oxygen atoms in total. The molecule has 1 fully saturated rings. The SMILES string of the molecule is Nc1nc(Cl)cc(Nc2ccc(N3CCC(O)CC3)cc2)n1. The Bertz CT molecular complexity index is 621. The van der Waals surface area contributed by atoms with Gasteiger partial charge in [0, 0.05) is 30.5 Å². The van der Waals surface area contributed by atoms with Gasteiger partial charge in [0.2, 0.25) is 5.95 Å². The summed E-state index contributed by atoms with van der Waals surface area (Å²) in [5.41, 5.74) is 7.62. The highest BCUT2D eigenvalue weighted by molar-refractivity contribution is 6.29. The summed E-state index contributed by atoms with van der Waals surface area (Å²) in [6.07, 6.45) is 1.47. The van der Waals surface area contributed by atoms with Crippen LogP contribution in [0.4, 0.5) is 23.1 Å². The summed E-state index contributed by atoms with van der Waals surface area (Å²) < 4.78 is 0. The number of nitrogens with one attached hydrogen (secondary N) is 1. The monoisotopic (exact) mass is 319 g/mol. The lowest BCUT2D eigenvalue weighted by molar-refractivity contribution is 0.145. The van der Waals surface area contributed by atoms with E-state index in [0.717, 1.165) is 37.3 Å². The van der Waals surface area contributed by atoms with E-state index in [1.54, 1.807) is 6.07 Å². The molecule has 1 aromatic heterocycles. The van der Waals surface area contributed by atoms with Gasteiger partial charge in [0.05, 0.1) is 6.10 Å². The van der Waals surface area contributed by atoms with Gasteiger partial charge in [-0.05, 0) is 37.1 Å². The first kappa shape index (κ1) is 14.9. The summed E-state index contributed by atoms with van der Waals surface area (Å²) in [4.78, 5) is 10.2. The van der Waals surface area contributed by atoms with Crippen LogP contribution in [0.3, 0.4) is 0 Å². The van der Waals surface area contributed by atoms with Gasteiger partial charge in [-0.1, -0.05) is 11.6 Å². The van der Waals surface area contributed by atoms with Crippen molar-refractivity contribution in [2.45, 2.75) is 18.9 Å². The van der Waals surface area contributed by atoms with E-state index < -0.39 is 0 Å². The average molecular weight is 320 g/mol. The maximum atomic E-state index is 9.56. The van der Waals surface area contributed by atoms with Crippen molar-refractivity contribution in [1.82, 2.24) is 9.97 Å². The number of aliphatic hydroxyl groups excluding tert-OH is 1. The fourth-order valence-electron chi connectivity index (χ4n) is 2.53. The number of rotatable bonds is 3. The minimum Gasteiger partial charge on any atom is -0.393 e. The van der Waals surface area contributed by atoms with Crippen LogP contribution in [0.5, 0.6) is 0 Å². The predicted molar refractivity (Wildman–Crippen MR) is 88.6 cm³/mol. The van der Waals surface area contributed by atoms with Crippen LogP contribution >= 0.6 is 11.6 Å². The van der Waals surface area contributed by atoms with E-state index in [-0.39, 0.29) is 12.1 Å². The second-order valence-electron chi connectivity index (χ2n) is 5.32. The Balaban J connectivity index is 1.69. The van der Waals surface area contributed by atoms with Gasteiger partial charge in [-0.3, -0.25) is 0 Å². The van der Waals surface area contributed by atoms with Crippen molar-refractivity contribution >= 4 is 34.7 Å². The molecule has 0 amide bonds. The van der Waals surface area contributed by atoms with Gasteiger partial charge in [-0.15, -0.1) is 0 Å². The van der Waals surface area contributed by atoms with Crippen molar-refractivity contribution in [2.75, 3.05) is 29.0 Å². The number of nitrogens with zero attached hydrogens (tertiary/aromatic N) is 3. The largest absolute Gasteiger partial charge is 0.393 e. The molecule has 1 aliphatic heterocycles. The molecule has 0 atom stereocenters. The summed E-state index contributed by atoms with van der Waals surface area (Å²) in [6, 6.07) is 9.68. The number of aromatic nitrogens is 2. The molecule has 0 spiro atoms. The van der Waals surface area contributed by atoms with Gasteiger partial charge in [-0.2, -0.15) is 4.98 Å². The molecule has 7 heteroatoms. The molecule has 1 aliphatic rings. The maximum Gasteiger partial charge on any atom is 0.223 e. The molecule has 0 radical (unpaired) electrons. The van der Waals surface area contributed by atoms with Crippen LogP contribution in [0, 0.1) is 0 Å². The highest BCUT2D eigenvalue weighted by Crippen LogP contribution is 2.24. The van der Waals surface area contributed by atoms with Crippen molar-refractivity contribution in [2.24, 2.45) is 0 Å². The Labute approximate surface area is 133 Å². The summed E-state index contributed by atoms with van der Waals surface area (Å²) in [6.45, 7) is 1.76. The quantitative estimate of drug-likeness (QED) is 0.753. The molecule has 0 aliphatic carbocycles. The van der Waals surface area contributed by atoms with Gasteiger partial charge in [0.1, 0.15) is 11.0 Å². The van der Waals surface area contributed by atoms with Crippen LogP contribution in [-0.2, 0) is 0 Å². The number of nitrogens with two attached hydrogens (primary N) is 1. The van der Waals surface area contributed by atoms with E-state index >= 15 is 0 Å². The Hall–Kier alpha value is -2.05. The lowest BCUT2D eigenvalue weighted by Gasteiger charge is -2.31. The Morgan fingerprint density at radius 1 is 1.18 bits per heavy atom. The zero-order valence-corrected chi connectivity index (χ0v) is 12.8. The first-order chi connectivity index (χ1) is 10.6. The number of benzene rings is 1. The zero-order chi connectivity index (χ0) is 15.5. The molecule has 2 heterocycles. The molecule has 3 rings (SSSR count). The van der Waals surface area contributed by atoms with Crippen LogP contribution in [0.2, 0.25) is 5.15 Å². The zero-order valence-electron chi connectivity index (χ0n) is 12.0. The number of nitrogen functional groups attached to an aromatic ring is 1. The van der Waals surface area contributed by atoms with Crippen molar-refractivity contribution in [1.29, 1.82) is 0 Å². The first-order valence-corrected chi connectivity index (χ1v) is 7.58. The molecule has 0 bridgehead atoms. The van der Waals surface area contributed by atoms with E-state index in [4.69, 9.17) is 17.3 Å². The standard InChI is InChI=1S/C15H18ClN5O/c16-13-9-14(20-15(17)19-13)18-10-1-3-11(4-2-10)21-7-5-12(22)6-8-21/h1-4,9,12,22H,5-8H2,(H3,17,18,19,20). The van der Waals surface area contributed by atoms with Gasteiger partial charge in [0.15, 0.2) is 0 Å². The lowest BCUT2D eigenvalue weighted by Crippen LogP contribution is -2.35. The molecule has 22 heavy (non-hydrogen) atoms. The van der Waals surface area contributed by atoms with Gasteiger partial charge in [-0.25, -0.2) is 4.98 Å². The molecule has 1 saturated heterocycles. The van der Waals surface area contributed by atoms with E-state index in [1.165, 1.54) is 0 Å². The van der Waals surface area contributed by atoms with Crippen LogP contribution in [0.15, 0.2) is 30.3 Å². The summed E-state index contributed by atoms with van der Waals surface area (Å²) in [7, 11) is 0. The van der Waals surface area contributed by atoms with Gasteiger partial charge >= 0.3 is 0 Å². The van der Waals surface area contributed by atoms with Crippen molar-refractivity contribution < 1.29 is 5.11 Å². The number of piperidine rings is 1. The Morgan fingerprint density at radius 2 is 1.86 bits per heavy atom. The summed E-state index contributed by atoms with van der Waals surface area (Å²) in [5, 5.41) is 13.0. The highest BCUT2D eigenvalue weighted by Gasteiger charge is 2.17. The van der Waals surface area contributed by atoms with E-state index in [1.807, 2.05) is 24.3 Å². The third-order valence-electron chi connectivity index (χ3n) is 3.68. The van der Waals surface area contributed by atoms with Gasteiger partial charge < -0.3 is 21.1 Å². The molecule has 116 valence electrons. The van der Waals surface area contributed by atoms with E-state index in [0.29, 0.717) is 11.0 Å². The molecule has 0 saturated carbocycles. The van der Waals surface area contributed by atoms with Crippen LogP contribution in [-0.4, -0.2) is 34.3 Å². The smallest absolute Gasteiger partial charge is 0.223 e. The molecular weight excluding hydrogens is 302 g/mol. The first-order valence-electron chi connectivity index (χ1n) is 7.20. The summed E-state index contributed by atoms with van der Waals surface area (Å²) >= 11 is 5.86. The van der Waals surface area contributed by atoms with Gasteiger partial charge in [0.25, 0.3) is 0 Å². The Morgan fingerprint density at radius 3 is 2.50 bits per heavy atom. The van der Waals surface area contributed by atoms with Crippen LogP contribution in [0.25, 0.3) is 0 Å². The molecule has 0 unspecified atom stereocenters. The third-order valence-corrected chi connectivity index (χ3v) is 3.88. The molecule has 2 aromatic rings. The van der Waals surface area contributed by atoms with E-state index in [2.05, 4.69) is 20.2 Å². The van der Waals surface area contributed by atoms with Crippen molar-refractivity contribution in [3.63, 3.8) is 0 Å². The fourth-order valence-corrected chi connectivity index (χ4v) is 2.72. The van der Waals surface area contributed by atoms with Crippen molar-refractivity contribution in [3.05, 3.63) is 35.5 Å². The maximum absolute atomic E-state index is 9.56. The highest BCUT2D eigenvalue weighted by atomic mass is 35.5. The normalized spacial score (nSPS) is 15.8. The van der Waals surface area contributed by atoms with E-state index in [9.17, 15) is 5.11 Å². The van der Waals surface area contributed by atoms with Crippen molar-refractivity contribution in [3.8, 4) is 0 Å². The second-order valence-corrected chi connectivity index (χ2v) is 5.71. The lowest BCUT2D eigenvalue weighted by atomic mass is 10.1. The number of anilines is 4.